The third-order valence-corrected chi connectivity index (χ3v) is 6.29. The summed E-state index contributed by atoms with van der Waals surface area (Å²) >= 11 is 0. The Labute approximate surface area is 245 Å². The number of carbonyl (C=O) groups excluding carboxylic acids is 4. The Morgan fingerprint density at radius 1 is 0.791 bits per heavy atom. The van der Waals surface area contributed by atoms with Crippen LogP contribution in [0.4, 0.5) is 13.2 Å². The molecule has 0 spiro atoms. The maximum absolute atomic E-state index is 13.0. The summed E-state index contributed by atoms with van der Waals surface area (Å²) in [5, 5.41) is 27.7. The quantitative estimate of drug-likeness (QED) is 0.150. The van der Waals surface area contributed by atoms with Gasteiger partial charge in [0.15, 0.2) is 0 Å². The van der Waals surface area contributed by atoms with Crippen molar-refractivity contribution in [2.24, 2.45) is 11.7 Å². The molecule has 8 N–H and O–H groups in total. The molecule has 234 valence electrons. The van der Waals surface area contributed by atoms with Gasteiger partial charge in [-0.2, -0.15) is 13.2 Å². The van der Waals surface area contributed by atoms with E-state index in [0.717, 1.165) is 6.92 Å². The fourth-order valence-electron chi connectivity index (χ4n) is 3.80. The summed E-state index contributed by atoms with van der Waals surface area (Å²) in [4.78, 5) is 61.4. The maximum Gasteiger partial charge on any atom is 0.391 e. The first-order valence-electron chi connectivity index (χ1n) is 13.2. The van der Waals surface area contributed by atoms with Crippen molar-refractivity contribution in [3.05, 3.63) is 65.7 Å². The number of hydrogen-bond acceptors (Lipinski definition) is 7. The van der Waals surface area contributed by atoms with E-state index in [1.54, 1.807) is 42.5 Å². The van der Waals surface area contributed by atoms with Gasteiger partial charge in [0.1, 0.15) is 17.8 Å². The van der Waals surface area contributed by atoms with Gasteiger partial charge in [0, 0.05) is 6.42 Å². The topological polar surface area (TPSA) is 200 Å². The monoisotopic (exact) mass is 609 g/mol. The Hall–Kier alpha value is -4.66. The van der Waals surface area contributed by atoms with Gasteiger partial charge in [-0.25, -0.2) is 4.79 Å². The number of aromatic hydroxyl groups is 1. The molecular formula is C28H34F3N5O7. The van der Waals surface area contributed by atoms with E-state index in [4.69, 9.17) is 5.73 Å². The van der Waals surface area contributed by atoms with Crippen LogP contribution in [0.1, 0.15) is 24.5 Å². The third kappa shape index (κ3) is 12.4. The van der Waals surface area contributed by atoms with Gasteiger partial charge in [-0.05, 0) is 36.1 Å². The van der Waals surface area contributed by atoms with Crippen molar-refractivity contribution in [2.45, 2.75) is 50.5 Å². The lowest BCUT2D eigenvalue weighted by molar-refractivity contribution is -0.175. The molecule has 0 aliphatic heterocycles. The van der Waals surface area contributed by atoms with Gasteiger partial charge in [0.25, 0.3) is 0 Å². The standard InChI is InChI=1S/C28H34F3N5O7/c1-16(28(29,30)31)11-22(27(42)43)36-26(41)21(13-17-5-3-2-4-6-17)35-24(39)15-33-23(38)14-34-25(40)20(32)12-18-7-9-19(37)10-8-18/h2-10,16,20-22,37H,11-15,32H2,1H3,(H,33,38)(H,34,40)(H,35,39)(H,36,41)(H,42,43)/t16-,20+,21+,22+/m1/s1. The first-order chi connectivity index (χ1) is 20.1. The predicted molar refractivity (Wildman–Crippen MR) is 147 cm³/mol. The fourth-order valence-corrected chi connectivity index (χ4v) is 3.80. The lowest BCUT2D eigenvalue weighted by atomic mass is 10.00. The summed E-state index contributed by atoms with van der Waals surface area (Å²) in [5.74, 6) is -6.91. The normalized spacial score (nSPS) is 14.0. The largest absolute Gasteiger partial charge is 0.508 e. The summed E-state index contributed by atoms with van der Waals surface area (Å²) < 4.78 is 39.0. The van der Waals surface area contributed by atoms with Crippen LogP contribution >= 0.6 is 0 Å². The first-order valence-corrected chi connectivity index (χ1v) is 13.2. The molecule has 0 heterocycles. The SMILES string of the molecule is C[C@H](C[C@H](NC(=O)[C@H](Cc1ccccc1)NC(=O)CNC(=O)CNC(=O)[C@@H](N)Cc1ccc(O)cc1)C(=O)O)C(F)(F)F. The number of rotatable bonds is 15. The molecule has 12 nitrogen and oxygen atoms in total. The number of alkyl halides is 3. The number of phenols is 1. The molecule has 2 rings (SSSR count). The lowest BCUT2D eigenvalue weighted by Gasteiger charge is -2.24. The highest BCUT2D eigenvalue weighted by Crippen LogP contribution is 2.29. The van der Waals surface area contributed by atoms with Crippen LogP contribution in [0.15, 0.2) is 54.6 Å². The number of carboxylic acid groups (broad SMARTS) is 1. The predicted octanol–water partition coefficient (Wildman–Crippen LogP) is 0.380. The molecule has 0 aromatic heterocycles. The van der Waals surface area contributed by atoms with E-state index < -0.39 is 79.3 Å². The van der Waals surface area contributed by atoms with Crippen LogP contribution in [-0.4, -0.2) is 77.2 Å². The molecule has 0 bridgehead atoms. The molecule has 0 saturated heterocycles. The van der Waals surface area contributed by atoms with Crippen LogP contribution in [0.3, 0.4) is 0 Å². The van der Waals surface area contributed by atoms with Gasteiger partial charge in [0.05, 0.1) is 25.0 Å². The molecule has 0 saturated carbocycles. The summed E-state index contributed by atoms with van der Waals surface area (Å²) in [6.45, 7) is -0.346. The molecule has 0 radical (unpaired) electrons. The number of phenolic OH excluding ortho intramolecular Hbond substituents is 1. The van der Waals surface area contributed by atoms with Crippen LogP contribution in [0, 0.1) is 5.92 Å². The number of aliphatic carboxylic acids is 1. The number of nitrogens with two attached hydrogens (primary N) is 1. The summed E-state index contributed by atoms with van der Waals surface area (Å²) in [5.41, 5.74) is 7.09. The van der Waals surface area contributed by atoms with Crippen molar-refractivity contribution in [2.75, 3.05) is 13.1 Å². The Morgan fingerprint density at radius 2 is 1.37 bits per heavy atom. The van der Waals surface area contributed by atoms with E-state index in [1.165, 1.54) is 12.1 Å². The highest BCUT2D eigenvalue weighted by Gasteiger charge is 2.39. The van der Waals surface area contributed by atoms with E-state index in [-0.39, 0.29) is 18.6 Å². The van der Waals surface area contributed by atoms with Gasteiger partial charge in [-0.1, -0.05) is 49.4 Å². The van der Waals surface area contributed by atoms with Crippen molar-refractivity contribution >= 4 is 29.6 Å². The number of nitrogens with one attached hydrogen (secondary N) is 4. The molecular weight excluding hydrogens is 575 g/mol. The van der Waals surface area contributed by atoms with E-state index >= 15 is 0 Å². The number of carbonyl (C=O) groups is 5. The highest BCUT2D eigenvalue weighted by molar-refractivity contribution is 5.93. The lowest BCUT2D eigenvalue weighted by Crippen LogP contribution is -2.54. The number of carboxylic acids is 1. The first kappa shape index (κ1) is 34.5. The van der Waals surface area contributed by atoms with Crippen molar-refractivity contribution in [3.63, 3.8) is 0 Å². The molecule has 0 aliphatic rings. The Bertz CT molecular complexity index is 1260. The Kier molecular flexibility index (Phi) is 12.9. The van der Waals surface area contributed by atoms with Crippen molar-refractivity contribution < 1.29 is 47.4 Å². The molecule has 15 heteroatoms. The number of halogens is 3. The third-order valence-electron chi connectivity index (χ3n) is 6.29. The minimum absolute atomic E-state index is 0.0505. The van der Waals surface area contributed by atoms with Gasteiger partial charge in [0.2, 0.25) is 23.6 Å². The molecule has 2 aromatic carbocycles. The maximum atomic E-state index is 13.0. The zero-order valence-electron chi connectivity index (χ0n) is 23.2. The minimum Gasteiger partial charge on any atom is -0.508 e. The second kappa shape index (κ2) is 16.1. The highest BCUT2D eigenvalue weighted by atomic mass is 19.4. The molecule has 0 aliphatic carbocycles. The van der Waals surface area contributed by atoms with Crippen LogP contribution in [0.5, 0.6) is 5.75 Å². The van der Waals surface area contributed by atoms with Crippen molar-refractivity contribution in [3.8, 4) is 5.75 Å². The van der Waals surface area contributed by atoms with E-state index in [0.29, 0.717) is 11.1 Å². The summed E-state index contributed by atoms with van der Waals surface area (Å²) in [6, 6.07) is 10.1. The molecule has 0 fully saturated rings. The molecule has 0 unspecified atom stereocenters. The minimum atomic E-state index is -4.68. The molecule has 2 aromatic rings. The van der Waals surface area contributed by atoms with Gasteiger partial charge < -0.3 is 37.2 Å². The smallest absolute Gasteiger partial charge is 0.391 e. The fraction of sp³-hybridized carbons (Fsp3) is 0.393. The van der Waals surface area contributed by atoms with E-state index in [9.17, 15) is 47.4 Å². The Balaban J connectivity index is 1.93. The second-order valence-corrected chi connectivity index (χ2v) is 9.86. The average molecular weight is 610 g/mol. The number of benzene rings is 2. The molecule has 43 heavy (non-hydrogen) atoms. The van der Waals surface area contributed by atoms with Crippen LogP contribution in [0.2, 0.25) is 0 Å². The van der Waals surface area contributed by atoms with Gasteiger partial charge in [-0.15, -0.1) is 0 Å². The van der Waals surface area contributed by atoms with E-state index in [1.807, 2.05) is 0 Å². The van der Waals surface area contributed by atoms with Gasteiger partial charge >= 0.3 is 12.1 Å². The zero-order chi connectivity index (χ0) is 32.2. The second-order valence-electron chi connectivity index (χ2n) is 9.86. The van der Waals surface area contributed by atoms with E-state index in [2.05, 4.69) is 21.3 Å². The number of amides is 4. The average Bonchev–Trinajstić information content (AvgIpc) is 2.95. The van der Waals surface area contributed by atoms with Crippen molar-refractivity contribution in [1.82, 2.24) is 21.3 Å². The van der Waals surface area contributed by atoms with Crippen LogP contribution in [-0.2, 0) is 36.8 Å². The number of hydrogen-bond donors (Lipinski definition) is 7. The Morgan fingerprint density at radius 3 is 1.95 bits per heavy atom. The van der Waals surface area contributed by atoms with Crippen LogP contribution in [0.25, 0.3) is 0 Å². The molecule has 4 amide bonds. The summed E-state index contributed by atoms with van der Waals surface area (Å²) in [7, 11) is 0. The van der Waals surface area contributed by atoms with Crippen molar-refractivity contribution in [1.29, 1.82) is 0 Å². The zero-order valence-corrected chi connectivity index (χ0v) is 23.2. The summed E-state index contributed by atoms with van der Waals surface area (Å²) in [6.07, 6.45) is -5.58. The van der Waals surface area contributed by atoms with Gasteiger partial charge in [-0.3, -0.25) is 19.2 Å². The molecule has 4 atom stereocenters. The van der Waals surface area contributed by atoms with Crippen LogP contribution < -0.4 is 27.0 Å².